The number of benzene rings is 2. The second-order valence-electron chi connectivity index (χ2n) is 7.83. The number of amides is 2. The first-order chi connectivity index (χ1) is 15.9. The molecule has 2 amide bonds. The summed E-state index contributed by atoms with van der Waals surface area (Å²) >= 11 is 5.83. The lowest BCUT2D eigenvalue weighted by Crippen LogP contribution is -2.37. The van der Waals surface area contributed by atoms with Crippen molar-refractivity contribution in [3.05, 3.63) is 70.7 Å². The zero-order chi connectivity index (χ0) is 23.1. The van der Waals surface area contributed by atoms with E-state index in [1.165, 1.54) is 12.1 Å². The van der Waals surface area contributed by atoms with Gasteiger partial charge in [0.2, 0.25) is 0 Å². The Morgan fingerprint density at radius 3 is 2.79 bits per heavy atom. The molecule has 5 rings (SSSR count). The molecule has 0 spiro atoms. The van der Waals surface area contributed by atoms with Gasteiger partial charge in [-0.05, 0) is 48.4 Å². The first-order valence-electron chi connectivity index (χ1n) is 10.3. The van der Waals surface area contributed by atoms with E-state index in [9.17, 15) is 14.0 Å². The Morgan fingerprint density at radius 1 is 1.21 bits per heavy atom. The van der Waals surface area contributed by atoms with Crippen LogP contribution in [0.15, 0.2) is 52.9 Å². The molecule has 33 heavy (non-hydrogen) atoms. The van der Waals surface area contributed by atoms with Gasteiger partial charge in [0.25, 0.3) is 11.8 Å². The van der Waals surface area contributed by atoms with Crippen molar-refractivity contribution in [1.29, 1.82) is 0 Å². The summed E-state index contributed by atoms with van der Waals surface area (Å²) < 4.78 is 20.3. The number of nitrogens with two attached hydrogens (primary N) is 1. The van der Waals surface area contributed by atoms with Crippen LogP contribution >= 0.6 is 11.6 Å². The highest BCUT2D eigenvalue weighted by Gasteiger charge is 2.27. The number of fused-ring (bicyclic) bond motifs is 1. The smallest absolute Gasteiger partial charge is 0.254 e. The largest absolute Gasteiger partial charge is 0.429 e. The molecule has 3 heterocycles. The maximum atomic E-state index is 14.9. The van der Waals surface area contributed by atoms with Crippen molar-refractivity contribution < 1.29 is 18.4 Å². The van der Waals surface area contributed by atoms with E-state index in [0.29, 0.717) is 53.0 Å². The number of aromatic amines is 1. The summed E-state index contributed by atoms with van der Waals surface area (Å²) in [4.78, 5) is 33.7. The van der Waals surface area contributed by atoms with Crippen molar-refractivity contribution in [2.75, 3.05) is 18.0 Å². The van der Waals surface area contributed by atoms with Gasteiger partial charge in [-0.25, -0.2) is 9.37 Å². The highest BCUT2D eigenvalue weighted by Crippen LogP contribution is 2.27. The Bertz CT molecular complexity index is 1380. The molecule has 4 aromatic rings. The van der Waals surface area contributed by atoms with E-state index in [1.54, 1.807) is 36.4 Å². The lowest BCUT2D eigenvalue weighted by molar-refractivity contribution is 0.0935. The van der Waals surface area contributed by atoms with E-state index in [0.717, 1.165) is 0 Å². The summed E-state index contributed by atoms with van der Waals surface area (Å²) in [5.74, 6) is -0.763. The third-order valence-corrected chi connectivity index (χ3v) is 5.86. The number of anilines is 1. The van der Waals surface area contributed by atoms with Gasteiger partial charge in [0.05, 0.1) is 16.6 Å². The SMILES string of the molecule is NC(=O)c1cccc2[nH]c(-c3ccc(C(=O)NC4CCN(c5ccc(Cl)o5)C4)c(F)c3)nc12. The molecule has 2 aromatic heterocycles. The van der Waals surface area contributed by atoms with Crippen molar-refractivity contribution in [3.8, 4) is 11.4 Å². The molecule has 1 atom stereocenters. The highest BCUT2D eigenvalue weighted by atomic mass is 35.5. The Labute approximate surface area is 192 Å². The van der Waals surface area contributed by atoms with Gasteiger partial charge in [0.1, 0.15) is 17.2 Å². The first-order valence-corrected chi connectivity index (χ1v) is 10.7. The maximum absolute atomic E-state index is 14.9. The number of aromatic nitrogens is 2. The number of halogens is 2. The van der Waals surface area contributed by atoms with E-state index >= 15 is 0 Å². The predicted octanol–water partition coefficient (Wildman–Crippen LogP) is 3.72. The monoisotopic (exact) mass is 467 g/mol. The molecular formula is C23H19ClFN5O3. The summed E-state index contributed by atoms with van der Waals surface area (Å²) in [7, 11) is 0. The molecule has 1 aliphatic heterocycles. The third kappa shape index (κ3) is 4.03. The average molecular weight is 468 g/mol. The van der Waals surface area contributed by atoms with Gasteiger partial charge >= 0.3 is 0 Å². The minimum absolute atomic E-state index is 0.0628. The van der Waals surface area contributed by atoms with Gasteiger partial charge in [-0.3, -0.25) is 9.59 Å². The average Bonchev–Trinajstić information content (AvgIpc) is 3.52. The molecule has 8 nitrogen and oxygen atoms in total. The van der Waals surface area contributed by atoms with Crippen LogP contribution in [-0.2, 0) is 0 Å². The van der Waals surface area contributed by atoms with E-state index < -0.39 is 17.6 Å². The van der Waals surface area contributed by atoms with Gasteiger partial charge in [0, 0.05) is 30.8 Å². The molecule has 0 saturated carbocycles. The minimum atomic E-state index is -0.673. The van der Waals surface area contributed by atoms with Gasteiger partial charge in [-0.1, -0.05) is 12.1 Å². The van der Waals surface area contributed by atoms with Crippen LogP contribution in [0.2, 0.25) is 5.22 Å². The van der Waals surface area contributed by atoms with E-state index in [-0.39, 0.29) is 17.2 Å². The molecular weight excluding hydrogens is 449 g/mol. The summed E-state index contributed by atoms with van der Waals surface area (Å²) in [5.41, 5.74) is 7.07. The molecule has 4 N–H and O–H groups in total. The number of nitrogens with zero attached hydrogens (tertiary/aromatic N) is 2. The van der Waals surface area contributed by atoms with Gasteiger partial charge in [-0.2, -0.15) is 0 Å². The predicted molar refractivity (Wildman–Crippen MR) is 122 cm³/mol. The van der Waals surface area contributed by atoms with Crippen LogP contribution in [0.5, 0.6) is 0 Å². The number of carbonyl (C=O) groups is 2. The van der Waals surface area contributed by atoms with Crippen LogP contribution in [0.4, 0.5) is 10.3 Å². The van der Waals surface area contributed by atoms with Crippen LogP contribution in [-0.4, -0.2) is 40.9 Å². The molecule has 1 saturated heterocycles. The van der Waals surface area contributed by atoms with E-state index in [1.807, 2.05) is 4.90 Å². The number of rotatable bonds is 5. The van der Waals surface area contributed by atoms with E-state index in [2.05, 4.69) is 15.3 Å². The van der Waals surface area contributed by atoms with Crippen LogP contribution in [0.1, 0.15) is 27.1 Å². The van der Waals surface area contributed by atoms with Crippen LogP contribution in [0.3, 0.4) is 0 Å². The first kappa shape index (κ1) is 21.0. The topological polar surface area (TPSA) is 117 Å². The van der Waals surface area contributed by atoms with Crippen LogP contribution in [0.25, 0.3) is 22.4 Å². The number of hydrogen-bond donors (Lipinski definition) is 3. The Balaban J connectivity index is 1.32. The molecule has 0 aliphatic carbocycles. The number of furan rings is 1. The zero-order valence-electron chi connectivity index (χ0n) is 17.3. The maximum Gasteiger partial charge on any atom is 0.254 e. The Hall–Kier alpha value is -3.85. The molecule has 2 aromatic carbocycles. The molecule has 168 valence electrons. The second-order valence-corrected chi connectivity index (χ2v) is 8.20. The molecule has 1 fully saturated rings. The number of para-hydroxylation sites is 1. The van der Waals surface area contributed by atoms with Crippen molar-refractivity contribution >= 4 is 40.3 Å². The Kier molecular flexibility index (Phi) is 5.26. The third-order valence-electron chi connectivity index (χ3n) is 5.66. The fourth-order valence-electron chi connectivity index (χ4n) is 4.03. The standard InChI is InChI=1S/C23H19ClFN5O3/c24-18-6-7-19(33-18)30-9-8-13(11-30)27-23(32)14-5-4-12(10-16(14)25)22-28-17-3-1-2-15(21(26)31)20(17)29-22/h1-7,10,13H,8-9,11H2,(H2,26,31)(H,27,32)(H,28,29). The summed E-state index contributed by atoms with van der Waals surface area (Å²) in [6, 6.07) is 12.6. The second kappa shape index (κ2) is 8.25. The van der Waals surface area contributed by atoms with Crippen molar-refractivity contribution in [2.24, 2.45) is 5.73 Å². The molecule has 0 bridgehead atoms. The fourth-order valence-corrected chi connectivity index (χ4v) is 4.17. The number of nitrogens with one attached hydrogen (secondary N) is 2. The number of carbonyl (C=O) groups excluding carboxylic acids is 2. The van der Waals surface area contributed by atoms with Crippen molar-refractivity contribution in [1.82, 2.24) is 15.3 Å². The van der Waals surface area contributed by atoms with Gasteiger partial charge < -0.3 is 25.4 Å². The lowest BCUT2D eigenvalue weighted by Gasteiger charge is -2.16. The number of H-pyrrole nitrogens is 1. The fraction of sp³-hybridized carbons (Fsp3) is 0.174. The van der Waals surface area contributed by atoms with Gasteiger partial charge in [-0.15, -0.1) is 0 Å². The van der Waals surface area contributed by atoms with Crippen molar-refractivity contribution in [2.45, 2.75) is 12.5 Å². The number of primary amides is 1. The quantitative estimate of drug-likeness (QED) is 0.413. The highest BCUT2D eigenvalue weighted by molar-refractivity contribution is 6.29. The number of hydrogen-bond acceptors (Lipinski definition) is 5. The van der Waals surface area contributed by atoms with Gasteiger partial charge in [0.15, 0.2) is 11.1 Å². The van der Waals surface area contributed by atoms with E-state index in [4.69, 9.17) is 21.8 Å². The Morgan fingerprint density at radius 2 is 2.06 bits per heavy atom. The number of imidazole rings is 1. The molecule has 10 heteroatoms. The van der Waals surface area contributed by atoms with Crippen LogP contribution < -0.4 is 16.0 Å². The zero-order valence-corrected chi connectivity index (χ0v) is 18.0. The molecule has 0 radical (unpaired) electrons. The minimum Gasteiger partial charge on any atom is -0.429 e. The summed E-state index contributed by atoms with van der Waals surface area (Å²) in [6.45, 7) is 1.23. The lowest BCUT2D eigenvalue weighted by atomic mass is 10.1. The molecule has 1 aliphatic rings. The molecule has 1 unspecified atom stereocenters. The normalized spacial score (nSPS) is 15.8. The summed E-state index contributed by atoms with van der Waals surface area (Å²) in [5, 5.41) is 3.17. The summed E-state index contributed by atoms with van der Waals surface area (Å²) in [6.07, 6.45) is 0.699. The van der Waals surface area contributed by atoms with Crippen molar-refractivity contribution in [3.63, 3.8) is 0 Å². The van der Waals surface area contributed by atoms with Crippen LogP contribution in [0, 0.1) is 5.82 Å².